The van der Waals surface area contributed by atoms with Crippen molar-refractivity contribution in [2.75, 3.05) is 13.1 Å². The number of aryl methyl sites for hydroxylation is 2. The van der Waals surface area contributed by atoms with Gasteiger partial charge in [-0.1, -0.05) is 6.07 Å². The second-order valence-electron chi connectivity index (χ2n) is 7.21. The second kappa shape index (κ2) is 7.42. The Morgan fingerprint density at radius 3 is 2.89 bits per heavy atom. The van der Waals surface area contributed by atoms with Crippen molar-refractivity contribution in [2.24, 2.45) is 5.92 Å². The molecule has 0 saturated carbocycles. The highest BCUT2D eigenvalue weighted by Crippen LogP contribution is 2.30. The first-order valence-corrected chi connectivity index (χ1v) is 9.33. The fourth-order valence-electron chi connectivity index (χ4n) is 3.93. The average molecular weight is 369 g/mol. The first-order chi connectivity index (χ1) is 13.1. The Morgan fingerprint density at radius 2 is 2.15 bits per heavy atom. The second-order valence-corrected chi connectivity index (χ2v) is 7.21. The van der Waals surface area contributed by atoms with Crippen molar-refractivity contribution in [2.45, 2.75) is 45.3 Å². The van der Waals surface area contributed by atoms with Gasteiger partial charge in [-0.15, -0.1) is 5.10 Å². The number of carbonyl (C=O) groups excluding carboxylic acids is 2. The van der Waals surface area contributed by atoms with Crippen molar-refractivity contribution < 1.29 is 9.59 Å². The van der Waals surface area contributed by atoms with Gasteiger partial charge >= 0.3 is 0 Å². The minimum absolute atomic E-state index is 0.0503. The molecular formula is C18H23N7O2. The summed E-state index contributed by atoms with van der Waals surface area (Å²) in [6.07, 6.45) is 3.85. The smallest absolute Gasteiger partial charge is 0.228 e. The molecular weight excluding hydrogens is 346 g/mol. The third-order valence-corrected chi connectivity index (χ3v) is 5.45. The molecule has 142 valence electrons. The standard InChI is InChI=1S/C18H23N7O2/c1-13-20-21-22-25(13)9-7-17(26)23-10-14-5-6-16(12-23)24(18(14)27)11-15-4-2-3-8-19-15/h2-4,8,14,16H,5-7,9-12H2,1H3. The van der Waals surface area contributed by atoms with Gasteiger partial charge in [-0.05, 0) is 42.3 Å². The van der Waals surface area contributed by atoms with Gasteiger partial charge in [0, 0.05) is 31.7 Å². The maximum Gasteiger partial charge on any atom is 0.228 e. The summed E-state index contributed by atoms with van der Waals surface area (Å²) in [5.41, 5.74) is 0.880. The zero-order chi connectivity index (χ0) is 18.8. The van der Waals surface area contributed by atoms with E-state index < -0.39 is 0 Å². The number of carbonyl (C=O) groups is 2. The lowest BCUT2D eigenvalue weighted by molar-refractivity contribution is -0.140. The van der Waals surface area contributed by atoms with Gasteiger partial charge < -0.3 is 9.80 Å². The molecule has 27 heavy (non-hydrogen) atoms. The number of tetrazole rings is 1. The molecule has 3 aliphatic heterocycles. The highest BCUT2D eigenvalue weighted by molar-refractivity contribution is 5.83. The number of fused-ring (bicyclic) bond motifs is 4. The molecule has 3 fully saturated rings. The molecule has 5 heterocycles. The molecule has 0 N–H and O–H groups in total. The molecule has 2 bridgehead atoms. The number of nitrogens with zero attached hydrogens (tertiary/aromatic N) is 7. The molecule has 5 rings (SSSR count). The van der Waals surface area contributed by atoms with Crippen molar-refractivity contribution in [3.05, 3.63) is 35.9 Å². The van der Waals surface area contributed by atoms with Gasteiger partial charge in [0.15, 0.2) is 0 Å². The van der Waals surface area contributed by atoms with Crippen LogP contribution in [0.4, 0.5) is 0 Å². The predicted octanol–water partition coefficient (Wildman–Crippen LogP) is 0.416. The van der Waals surface area contributed by atoms with Crippen LogP contribution in [-0.2, 0) is 22.7 Å². The first kappa shape index (κ1) is 17.6. The summed E-state index contributed by atoms with van der Waals surface area (Å²) in [5, 5.41) is 11.3. The van der Waals surface area contributed by atoms with Crippen LogP contribution in [0.25, 0.3) is 0 Å². The topological polar surface area (TPSA) is 97.1 Å². The Bertz CT molecular complexity index is 822. The minimum atomic E-state index is -0.119. The minimum Gasteiger partial charge on any atom is -0.340 e. The molecule has 2 atom stereocenters. The number of amides is 2. The lowest BCUT2D eigenvalue weighted by Gasteiger charge is -2.35. The van der Waals surface area contributed by atoms with Crippen LogP contribution in [0.3, 0.4) is 0 Å². The van der Waals surface area contributed by atoms with Gasteiger partial charge in [0.25, 0.3) is 0 Å². The van der Waals surface area contributed by atoms with Crippen LogP contribution in [-0.4, -0.2) is 65.9 Å². The van der Waals surface area contributed by atoms with E-state index in [9.17, 15) is 9.59 Å². The molecule has 2 unspecified atom stereocenters. The molecule has 0 radical (unpaired) electrons. The van der Waals surface area contributed by atoms with Gasteiger partial charge in [-0.2, -0.15) is 0 Å². The van der Waals surface area contributed by atoms with Crippen LogP contribution < -0.4 is 0 Å². The molecule has 2 amide bonds. The number of piperidine rings is 1. The summed E-state index contributed by atoms with van der Waals surface area (Å²) in [6.45, 7) is 3.86. The molecule has 0 spiro atoms. The molecule has 9 heteroatoms. The van der Waals surface area contributed by atoms with E-state index in [1.165, 1.54) is 0 Å². The highest BCUT2D eigenvalue weighted by Gasteiger charge is 2.41. The largest absolute Gasteiger partial charge is 0.340 e. The molecule has 3 aliphatic rings. The Morgan fingerprint density at radius 1 is 1.26 bits per heavy atom. The molecule has 3 saturated heterocycles. The maximum atomic E-state index is 12.9. The highest BCUT2D eigenvalue weighted by atomic mass is 16.2. The van der Waals surface area contributed by atoms with Crippen molar-refractivity contribution in [3.63, 3.8) is 0 Å². The Balaban J connectivity index is 1.43. The Labute approximate surface area is 157 Å². The van der Waals surface area contributed by atoms with Crippen LogP contribution in [0, 0.1) is 12.8 Å². The normalized spacial score (nSPS) is 22.2. The Kier molecular flexibility index (Phi) is 4.83. The molecule has 0 aromatic carbocycles. The molecule has 0 aliphatic carbocycles. The summed E-state index contributed by atoms with van der Waals surface area (Å²) >= 11 is 0. The quantitative estimate of drug-likeness (QED) is 0.758. The molecule has 9 nitrogen and oxygen atoms in total. The SMILES string of the molecule is Cc1nnnn1CCC(=O)N1CC2CCC(C1)N(Cc1ccccn1)C2=O. The van der Waals surface area contributed by atoms with Gasteiger partial charge in [-0.25, -0.2) is 4.68 Å². The van der Waals surface area contributed by atoms with E-state index in [0.717, 1.165) is 18.5 Å². The number of aromatic nitrogens is 5. The van der Waals surface area contributed by atoms with Crippen LogP contribution in [0.5, 0.6) is 0 Å². The van der Waals surface area contributed by atoms with E-state index in [4.69, 9.17) is 0 Å². The van der Waals surface area contributed by atoms with Gasteiger partial charge in [0.1, 0.15) is 5.82 Å². The number of pyridine rings is 1. The van der Waals surface area contributed by atoms with E-state index in [1.54, 1.807) is 10.9 Å². The third-order valence-electron chi connectivity index (χ3n) is 5.45. The zero-order valence-corrected chi connectivity index (χ0v) is 15.4. The summed E-state index contributed by atoms with van der Waals surface area (Å²) in [4.78, 5) is 33.8. The average Bonchev–Trinajstić information content (AvgIpc) is 2.90. The van der Waals surface area contributed by atoms with Crippen molar-refractivity contribution in [1.82, 2.24) is 35.0 Å². The van der Waals surface area contributed by atoms with E-state index in [2.05, 4.69) is 20.5 Å². The number of rotatable bonds is 5. The first-order valence-electron chi connectivity index (χ1n) is 9.33. The van der Waals surface area contributed by atoms with Crippen LogP contribution >= 0.6 is 0 Å². The van der Waals surface area contributed by atoms with E-state index in [-0.39, 0.29) is 23.8 Å². The maximum absolute atomic E-state index is 12.9. The van der Waals surface area contributed by atoms with E-state index in [0.29, 0.717) is 38.4 Å². The number of hydrogen-bond donors (Lipinski definition) is 0. The summed E-state index contributed by atoms with van der Waals surface area (Å²) in [6, 6.07) is 5.78. The van der Waals surface area contributed by atoms with Crippen LogP contribution in [0.1, 0.15) is 30.8 Å². The lowest BCUT2D eigenvalue weighted by atomic mass is 9.94. The predicted molar refractivity (Wildman–Crippen MR) is 95.1 cm³/mol. The van der Waals surface area contributed by atoms with Gasteiger partial charge in [0.2, 0.25) is 11.8 Å². The zero-order valence-electron chi connectivity index (χ0n) is 15.4. The van der Waals surface area contributed by atoms with Crippen molar-refractivity contribution in [3.8, 4) is 0 Å². The summed E-state index contributed by atoms with van der Waals surface area (Å²) in [7, 11) is 0. The van der Waals surface area contributed by atoms with Crippen LogP contribution in [0.15, 0.2) is 24.4 Å². The fourth-order valence-corrected chi connectivity index (χ4v) is 3.93. The summed E-state index contributed by atoms with van der Waals surface area (Å²) in [5.74, 6) is 0.763. The third kappa shape index (κ3) is 3.67. The van der Waals surface area contributed by atoms with Crippen molar-refractivity contribution in [1.29, 1.82) is 0 Å². The fraction of sp³-hybridized carbons (Fsp3) is 0.556. The Hall–Kier alpha value is -2.84. The lowest BCUT2D eigenvalue weighted by Crippen LogP contribution is -2.47. The van der Waals surface area contributed by atoms with Gasteiger partial charge in [-0.3, -0.25) is 14.6 Å². The molecule has 2 aromatic heterocycles. The summed E-state index contributed by atoms with van der Waals surface area (Å²) < 4.78 is 1.63. The molecule has 2 aromatic rings. The van der Waals surface area contributed by atoms with Gasteiger partial charge in [0.05, 0.1) is 24.7 Å². The van der Waals surface area contributed by atoms with E-state index >= 15 is 0 Å². The monoisotopic (exact) mass is 369 g/mol. The van der Waals surface area contributed by atoms with Crippen LogP contribution in [0.2, 0.25) is 0 Å². The van der Waals surface area contributed by atoms with Crippen molar-refractivity contribution >= 4 is 11.8 Å². The number of hydrogen-bond acceptors (Lipinski definition) is 6. The van der Waals surface area contributed by atoms with E-state index in [1.807, 2.05) is 34.9 Å².